The van der Waals surface area contributed by atoms with E-state index in [4.69, 9.17) is 5.73 Å². The third kappa shape index (κ3) is 5.78. The first-order chi connectivity index (χ1) is 9.02. The van der Waals surface area contributed by atoms with Crippen molar-refractivity contribution in [2.75, 3.05) is 20.1 Å². The first-order valence-corrected chi connectivity index (χ1v) is 6.05. The molecule has 106 valence electrons. The van der Waals surface area contributed by atoms with Crippen molar-refractivity contribution in [3.8, 4) is 0 Å². The lowest BCUT2D eigenvalue weighted by Gasteiger charge is -2.17. The molecule has 0 aromatic heterocycles. The molecule has 4 nitrogen and oxygen atoms in total. The minimum Gasteiger partial charge on any atom is -0.386 e. The van der Waals surface area contributed by atoms with Crippen molar-refractivity contribution >= 4 is 0 Å². The van der Waals surface area contributed by atoms with Gasteiger partial charge < -0.3 is 11.1 Å². The number of rotatable bonds is 8. The van der Waals surface area contributed by atoms with Crippen LogP contribution in [-0.4, -0.2) is 26.2 Å². The van der Waals surface area contributed by atoms with Crippen molar-refractivity contribution in [3.05, 3.63) is 47.7 Å². The van der Waals surface area contributed by atoms with Crippen LogP contribution < -0.4 is 21.9 Å². The molecule has 6 heteroatoms. The molecule has 1 aromatic rings. The van der Waals surface area contributed by atoms with Crippen LogP contribution >= 0.6 is 0 Å². The van der Waals surface area contributed by atoms with Crippen LogP contribution in [0.5, 0.6) is 0 Å². The highest BCUT2D eigenvalue weighted by molar-refractivity contribution is 5.21. The van der Waals surface area contributed by atoms with E-state index < -0.39 is 17.7 Å². The number of hydrogen-bond donors (Lipinski definition) is 4. The largest absolute Gasteiger partial charge is 0.386 e. The number of nitrogens with two attached hydrogens (primary N) is 1. The molecular weight excluding hydrogens is 250 g/mol. The van der Waals surface area contributed by atoms with Crippen LogP contribution in [0.25, 0.3) is 0 Å². The van der Waals surface area contributed by atoms with Crippen molar-refractivity contribution < 1.29 is 8.78 Å². The molecule has 0 aliphatic carbocycles. The third-order valence-electron chi connectivity index (χ3n) is 2.60. The van der Waals surface area contributed by atoms with Gasteiger partial charge in [0.05, 0.1) is 0 Å². The van der Waals surface area contributed by atoms with E-state index >= 15 is 0 Å². The van der Waals surface area contributed by atoms with Crippen LogP contribution in [-0.2, 0) is 6.42 Å². The fourth-order valence-corrected chi connectivity index (χ4v) is 1.65. The molecule has 0 radical (unpaired) electrons. The van der Waals surface area contributed by atoms with Gasteiger partial charge in [-0.25, -0.2) is 8.78 Å². The highest BCUT2D eigenvalue weighted by atomic mass is 19.1. The van der Waals surface area contributed by atoms with Crippen LogP contribution in [0.3, 0.4) is 0 Å². The number of nitrogens with one attached hydrogen (secondary N) is 3. The number of hydrogen-bond acceptors (Lipinski definition) is 4. The molecule has 0 aliphatic heterocycles. The van der Waals surface area contributed by atoms with Gasteiger partial charge in [-0.2, -0.15) is 0 Å². The summed E-state index contributed by atoms with van der Waals surface area (Å²) in [5.41, 5.74) is 12.8. The molecule has 19 heavy (non-hydrogen) atoms. The Morgan fingerprint density at radius 3 is 2.47 bits per heavy atom. The van der Waals surface area contributed by atoms with Gasteiger partial charge in [0.2, 0.25) is 0 Å². The second kappa shape index (κ2) is 7.83. The average molecular weight is 270 g/mol. The molecule has 0 amide bonds. The molecule has 0 saturated carbocycles. The summed E-state index contributed by atoms with van der Waals surface area (Å²) in [5, 5.41) is 3.06. The van der Waals surface area contributed by atoms with E-state index in [2.05, 4.69) is 22.7 Å². The summed E-state index contributed by atoms with van der Waals surface area (Å²) in [5.74, 6) is -1.20. The fraction of sp³-hybridized carbons (Fsp3) is 0.385. The molecule has 0 aliphatic rings. The minimum atomic E-state index is -0.598. The summed E-state index contributed by atoms with van der Waals surface area (Å²) < 4.78 is 26.1. The van der Waals surface area contributed by atoms with Gasteiger partial charge in [0.1, 0.15) is 11.6 Å². The lowest BCUT2D eigenvalue weighted by atomic mass is 10.0. The van der Waals surface area contributed by atoms with Crippen LogP contribution in [0.4, 0.5) is 8.78 Å². The number of halogens is 2. The molecule has 1 atom stereocenters. The summed E-state index contributed by atoms with van der Waals surface area (Å²) in [6, 6.07) is 3.00. The predicted molar refractivity (Wildman–Crippen MR) is 72.2 cm³/mol. The second-order valence-corrected chi connectivity index (χ2v) is 4.22. The van der Waals surface area contributed by atoms with Gasteiger partial charge in [-0.15, -0.1) is 0 Å². The van der Waals surface area contributed by atoms with Crippen LogP contribution in [0.1, 0.15) is 5.56 Å². The van der Waals surface area contributed by atoms with Gasteiger partial charge in [0.25, 0.3) is 0 Å². The molecule has 5 N–H and O–H groups in total. The monoisotopic (exact) mass is 270 g/mol. The number of benzene rings is 1. The lowest BCUT2D eigenvalue weighted by Crippen LogP contribution is -2.38. The van der Waals surface area contributed by atoms with Gasteiger partial charge in [0.15, 0.2) is 0 Å². The molecule has 1 rings (SSSR count). The Labute approximate surface area is 112 Å². The minimum absolute atomic E-state index is 0.333. The average Bonchev–Trinajstić information content (AvgIpc) is 2.33. The maximum Gasteiger partial charge on any atom is 0.126 e. The van der Waals surface area contributed by atoms with Crippen molar-refractivity contribution in [2.24, 2.45) is 5.73 Å². The third-order valence-corrected chi connectivity index (χ3v) is 2.60. The van der Waals surface area contributed by atoms with Crippen molar-refractivity contribution in [1.82, 2.24) is 16.2 Å². The zero-order chi connectivity index (χ0) is 14.3. The van der Waals surface area contributed by atoms with E-state index in [1.54, 1.807) is 7.05 Å². The maximum atomic E-state index is 13.0. The predicted octanol–water partition coefficient (Wildman–Crippen LogP) is 0.662. The van der Waals surface area contributed by atoms with E-state index in [9.17, 15) is 8.78 Å². The van der Waals surface area contributed by atoms with E-state index in [0.29, 0.717) is 30.8 Å². The molecule has 0 fully saturated rings. The lowest BCUT2D eigenvalue weighted by molar-refractivity contribution is 0.562. The van der Waals surface area contributed by atoms with Gasteiger partial charge in [0, 0.05) is 30.9 Å². The summed E-state index contributed by atoms with van der Waals surface area (Å²) in [6.45, 7) is 5.18. The Hall–Kier alpha value is -1.50. The van der Waals surface area contributed by atoms with Crippen molar-refractivity contribution in [2.45, 2.75) is 12.5 Å². The Bertz CT molecular complexity index is 403. The standard InChI is InChI=1S/C13H20F2N4/c1-9(18-3-4-19-17-2)13(16)7-10-5-11(14)8-12(15)6-10/h5-6,8,13,17-19H,1,3-4,7,16H2,2H3/t13-/m0/s1. The van der Waals surface area contributed by atoms with Gasteiger partial charge >= 0.3 is 0 Å². The van der Waals surface area contributed by atoms with E-state index in [-0.39, 0.29) is 0 Å². The SMILES string of the molecule is C=C(NCCNNC)[C@@H](N)Cc1cc(F)cc(F)c1. The quantitative estimate of drug-likeness (QED) is 0.414. The summed E-state index contributed by atoms with van der Waals surface area (Å²) in [7, 11) is 1.78. The summed E-state index contributed by atoms with van der Waals surface area (Å²) in [4.78, 5) is 0. The zero-order valence-corrected chi connectivity index (χ0v) is 11.0. The van der Waals surface area contributed by atoms with Crippen LogP contribution in [0.2, 0.25) is 0 Å². The van der Waals surface area contributed by atoms with Gasteiger partial charge in [-0.05, 0) is 31.2 Å². The summed E-state index contributed by atoms with van der Waals surface area (Å²) >= 11 is 0. The van der Waals surface area contributed by atoms with Gasteiger partial charge in [-0.3, -0.25) is 10.9 Å². The van der Waals surface area contributed by atoms with Gasteiger partial charge in [-0.1, -0.05) is 6.58 Å². The second-order valence-electron chi connectivity index (χ2n) is 4.22. The first-order valence-electron chi connectivity index (χ1n) is 6.05. The Morgan fingerprint density at radius 2 is 1.89 bits per heavy atom. The Kier molecular flexibility index (Phi) is 6.41. The van der Waals surface area contributed by atoms with Crippen molar-refractivity contribution in [3.63, 3.8) is 0 Å². The topological polar surface area (TPSA) is 62.1 Å². The molecule has 0 spiro atoms. The Morgan fingerprint density at radius 1 is 1.26 bits per heavy atom. The summed E-state index contributed by atoms with van der Waals surface area (Å²) in [6.07, 6.45) is 0.333. The van der Waals surface area contributed by atoms with Crippen molar-refractivity contribution in [1.29, 1.82) is 0 Å². The van der Waals surface area contributed by atoms with E-state index in [1.807, 2.05) is 0 Å². The molecule has 0 heterocycles. The normalized spacial score (nSPS) is 12.2. The first kappa shape index (κ1) is 15.6. The maximum absolute atomic E-state index is 13.0. The fourth-order valence-electron chi connectivity index (χ4n) is 1.65. The highest BCUT2D eigenvalue weighted by Gasteiger charge is 2.09. The molecular formula is C13H20F2N4. The Balaban J connectivity index is 2.44. The van der Waals surface area contributed by atoms with Crippen LogP contribution in [0, 0.1) is 11.6 Å². The van der Waals surface area contributed by atoms with E-state index in [1.165, 1.54) is 12.1 Å². The molecule has 0 unspecified atom stereocenters. The molecule has 1 aromatic carbocycles. The highest BCUT2D eigenvalue weighted by Crippen LogP contribution is 2.11. The zero-order valence-electron chi connectivity index (χ0n) is 11.0. The van der Waals surface area contributed by atoms with E-state index in [0.717, 1.165) is 6.07 Å². The smallest absolute Gasteiger partial charge is 0.126 e. The molecule has 0 bridgehead atoms. The van der Waals surface area contributed by atoms with Crippen LogP contribution in [0.15, 0.2) is 30.5 Å². The molecule has 0 saturated heterocycles. The number of hydrazine groups is 1.